The first-order valence-corrected chi connectivity index (χ1v) is 4.79. The molecule has 0 aromatic heterocycles. The van der Waals surface area contributed by atoms with E-state index in [4.69, 9.17) is 0 Å². The molecule has 4 heteroatoms. The summed E-state index contributed by atoms with van der Waals surface area (Å²) in [5.41, 5.74) is 3.58. The van der Waals surface area contributed by atoms with E-state index in [-0.39, 0.29) is 11.3 Å². The average molecular weight is 150 g/mol. The molecule has 1 saturated heterocycles. The highest BCUT2D eigenvalue weighted by atomic mass is 32.2. The van der Waals surface area contributed by atoms with E-state index in [1.807, 2.05) is 6.92 Å². The molecule has 0 amide bonds. The van der Waals surface area contributed by atoms with E-state index in [0.717, 1.165) is 6.42 Å². The van der Waals surface area contributed by atoms with E-state index in [0.29, 0.717) is 5.75 Å². The van der Waals surface area contributed by atoms with Crippen LogP contribution in [-0.4, -0.2) is 25.5 Å². The minimum absolute atomic E-state index is 0.209. The molecule has 3 N–H and O–H groups in total. The summed E-state index contributed by atoms with van der Waals surface area (Å²) in [6, 6.07) is 0. The van der Waals surface area contributed by atoms with Gasteiger partial charge in [0.05, 0.1) is 5.75 Å². The van der Waals surface area contributed by atoms with Crippen molar-refractivity contribution in [1.29, 1.82) is 0 Å². The van der Waals surface area contributed by atoms with E-state index in [1.165, 1.54) is 0 Å². The molecule has 0 aromatic carbocycles. The predicted molar refractivity (Wildman–Crippen MR) is 34.6 cm³/mol. The molecular formula is C5H12NO2S+. The zero-order valence-electron chi connectivity index (χ0n) is 5.55. The fourth-order valence-corrected chi connectivity index (χ4v) is 3.23. The standard InChI is InChI=1S/C5H11NO2S/c1-5(6)2-3-9(7,8)4-5/h2-4,6H2,1H3/p+1/t5-/m0/s1. The first-order valence-electron chi connectivity index (χ1n) is 2.97. The smallest absolute Gasteiger partial charge is 0.156 e. The maximum absolute atomic E-state index is 10.8. The molecule has 0 unspecified atom stereocenters. The third-order valence-corrected chi connectivity index (χ3v) is 3.55. The van der Waals surface area contributed by atoms with Gasteiger partial charge < -0.3 is 5.73 Å². The highest BCUT2D eigenvalue weighted by Crippen LogP contribution is 2.17. The molecule has 0 aromatic rings. The molecule has 1 fully saturated rings. The second-order valence-corrected chi connectivity index (χ2v) is 5.34. The summed E-state index contributed by atoms with van der Waals surface area (Å²) in [4.78, 5) is 0. The highest BCUT2D eigenvalue weighted by Gasteiger charge is 2.38. The molecule has 3 nitrogen and oxygen atoms in total. The molecule has 1 aliphatic rings. The Hall–Kier alpha value is -0.0900. The molecular weight excluding hydrogens is 138 g/mol. The van der Waals surface area contributed by atoms with Crippen molar-refractivity contribution in [2.75, 3.05) is 11.5 Å². The van der Waals surface area contributed by atoms with E-state index in [1.54, 1.807) is 0 Å². The predicted octanol–water partition coefficient (Wildman–Crippen LogP) is -1.19. The lowest BCUT2D eigenvalue weighted by molar-refractivity contribution is -0.462. The number of rotatable bonds is 0. The quantitative estimate of drug-likeness (QED) is 0.472. The fraction of sp³-hybridized carbons (Fsp3) is 1.00. The first-order chi connectivity index (χ1) is 3.91. The van der Waals surface area contributed by atoms with Crippen molar-refractivity contribution in [2.45, 2.75) is 18.9 Å². The van der Waals surface area contributed by atoms with Gasteiger partial charge in [0, 0.05) is 6.42 Å². The zero-order chi connectivity index (χ0) is 7.12. The Balaban J connectivity index is 2.81. The summed E-state index contributed by atoms with van der Waals surface area (Å²) in [6.45, 7) is 1.89. The van der Waals surface area contributed by atoms with Gasteiger partial charge in [0.2, 0.25) is 0 Å². The molecule has 1 rings (SSSR count). The van der Waals surface area contributed by atoms with Crippen molar-refractivity contribution in [3.8, 4) is 0 Å². The molecule has 1 atom stereocenters. The number of hydrogen-bond acceptors (Lipinski definition) is 2. The van der Waals surface area contributed by atoms with Gasteiger partial charge in [0.15, 0.2) is 9.84 Å². The minimum Gasteiger partial charge on any atom is -0.352 e. The van der Waals surface area contributed by atoms with Gasteiger partial charge in [-0.3, -0.25) is 0 Å². The molecule has 0 aliphatic carbocycles. The molecule has 54 valence electrons. The van der Waals surface area contributed by atoms with Gasteiger partial charge in [-0.1, -0.05) is 0 Å². The van der Waals surface area contributed by atoms with Gasteiger partial charge in [-0.05, 0) is 6.92 Å². The Labute approximate surface area is 55.2 Å². The van der Waals surface area contributed by atoms with Crippen molar-refractivity contribution >= 4 is 9.84 Å². The van der Waals surface area contributed by atoms with Crippen molar-refractivity contribution in [3.63, 3.8) is 0 Å². The molecule has 1 aliphatic heterocycles. The van der Waals surface area contributed by atoms with Crippen LogP contribution < -0.4 is 5.73 Å². The summed E-state index contributed by atoms with van der Waals surface area (Å²) in [7, 11) is -2.72. The summed E-state index contributed by atoms with van der Waals surface area (Å²) in [6.07, 6.45) is 0.718. The van der Waals surface area contributed by atoms with Crippen LogP contribution in [0.4, 0.5) is 0 Å². The topological polar surface area (TPSA) is 61.8 Å². The molecule has 9 heavy (non-hydrogen) atoms. The number of quaternary nitrogens is 1. The van der Waals surface area contributed by atoms with E-state index in [9.17, 15) is 8.42 Å². The van der Waals surface area contributed by atoms with E-state index in [2.05, 4.69) is 5.73 Å². The monoisotopic (exact) mass is 150 g/mol. The van der Waals surface area contributed by atoms with Crippen molar-refractivity contribution < 1.29 is 14.2 Å². The maximum atomic E-state index is 10.8. The normalized spacial score (nSPS) is 41.1. The van der Waals surface area contributed by atoms with Gasteiger partial charge >= 0.3 is 0 Å². The second kappa shape index (κ2) is 1.70. The van der Waals surface area contributed by atoms with Crippen LogP contribution in [-0.2, 0) is 9.84 Å². The molecule has 0 saturated carbocycles. The Morgan fingerprint density at radius 3 is 2.22 bits per heavy atom. The van der Waals surface area contributed by atoms with Crippen LogP contribution in [0.2, 0.25) is 0 Å². The lowest BCUT2D eigenvalue weighted by Crippen LogP contribution is -2.71. The number of sulfone groups is 1. The van der Waals surface area contributed by atoms with Gasteiger partial charge in [0.1, 0.15) is 11.3 Å². The Morgan fingerprint density at radius 2 is 2.11 bits per heavy atom. The lowest BCUT2D eigenvalue weighted by Gasteiger charge is -2.08. The van der Waals surface area contributed by atoms with Crippen molar-refractivity contribution in [1.82, 2.24) is 0 Å². The van der Waals surface area contributed by atoms with Gasteiger partial charge in [0.25, 0.3) is 0 Å². The van der Waals surface area contributed by atoms with Crippen molar-refractivity contribution in [3.05, 3.63) is 0 Å². The average Bonchev–Trinajstić information content (AvgIpc) is 1.78. The molecule has 0 bridgehead atoms. The summed E-state index contributed by atoms with van der Waals surface area (Å²) in [5, 5.41) is 0. The minimum atomic E-state index is -2.72. The SMILES string of the molecule is C[C@]1([NH3+])CCS(=O)(=O)C1. The van der Waals surface area contributed by atoms with Gasteiger partial charge in [-0.15, -0.1) is 0 Å². The van der Waals surface area contributed by atoms with Gasteiger partial charge in [-0.2, -0.15) is 0 Å². The van der Waals surface area contributed by atoms with Crippen LogP contribution in [0.15, 0.2) is 0 Å². The Morgan fingerprint density at radius 1 is 1.56 bits per heavy atom. The summed E-state index contributed by atoms with van der Waals surface area (Å²) in [5.74, 6) is 0.590. The van der Waals surface area contributed by atoms with Crippen molar-refractivity contribution in [2.24, 2.45) is 0 Å². The van der Waals surface area contributed by atoms with E-state index < -0.39 is 9.84 Å². The summed E-state index contributed by atoms with van der Waals surface area (Å²) >= 11 is 0. The first kappa shape index (κ1) is 7.02. The summed E-state index contributed by atoms with van der Waals surface area (Å²) < 4.78 is 21.6. The molecule has 0 spiro atoms. The maximum Gasteiger partial charge on any atom is 0.156 e. The third-order valence-electron chi connectivity index (χ3n) is 1.58. The van der Waals surface area contributed by atoms with Crippen LogP contribution in [0.3, 0.4) is 0 Å². The second-order valence-electron chi connectivity index (χ2n) is 3.15. The zero-order valence-corrected chi connectivity index (χ0v) is 6.37. The molecule has 0 radical (unpaired) electrons. The lowest BCUT2D eigenvalue weighted by atomic mass is 10.1. The highest BCUT2D eigenvalue weighted by molar-refractivity contribution is 7.91. The van der Waals surface area contributed by atoms with E-state index >= 15 is 0 Å². The Bertz CT molecular complexity index is 205. The third kappa shape index (κ3) is 1.66. The molecule has 1 heterocycles. The Kier molecular flexibility index (Phi) is 1.33. The van der Waals surface area contributed by atoms with Crippen LogP contribution >= 0.6 is 0 Å². The number of hydrogen-bond donors (Lipinski definition) is 1. The van der Waals surface area contributed by atoms with Crippen LogP contribution in [0.25, 0.3) is 0 Å². The van der Waals surface area contributed by atoms with Gasteiger partial charge in [-0.25, -0.2) is 8.42 Å². The fourth-order valence-electron chi connectivity index (χ4n) is 1.08. The largest absolute Gasteiger partial charge is 0.352 e. The van der Waals surface area contributed by atoms with Crippen LogP contribution in [0, 0.1) is 0 Å². The van der Waals surface area contributed by atoms with Crippen LogP contribution in [0.5, 0.6) is 0 Å². The van der Waals surface area contributed by atoms with Crippen LogP contribution in [0.1, 0.15) is 13.3 Å².